The summed E-state index contributed by atoms with van der Waals surface area (Å²) in [6.45, 7) is 10.6. The number of nitrogens with one attached hydrogen (secondary N) is 1. The van der Waals surface area contributed by atoms with Crippen molar-refractivity contribution >= 4 is 45.5 Å². The topological polar surface area (TPSA) is 251 Å². The molecule has 2 amide bonds. The quantitative estimate of drug-likeness (QED) is 0.165. The molecule has 0 radical (unpaired) electrons. The van der Waals surface area contributed by atoms with Crippen LogP contribution < -0.4 is 4.72 Å². The third-order valence-electron chi connectivity index (χ3n) is 15.8. The number of methoxy groups -OCH3 is 3. The van der Waals surface area contributed by atoms with Gasteiger partial charge in [-0.1, -0.05) is 64.2 Å². The first kappa shape index (κ1) is 59.7. The molecule has 1 saturated carbocycles. The van der Waals surface area contributed by atoms with Crippen LogP contribution in [-0.2, 0) is 62.6 Å². The van der Waals surface area contributed by atoms with E-state index in [2.05, 4.69) is 0 Å². The fourth-order valence-corrected chi connectivity index (χ4v) is 11.8. The number of fused-ring (bicyclic) bond motifs is 3. The van der Waals surface area contributed by atoms with Crippen LogP contribution in [0.4, 0.5) is 4.79 Å². The highest BCUT2D eigenvalue weighted by atomic mass is 32.2. The summed E-state index contributed by atoms with van der Waals surface area (Å²) in [5, 5.41) is 23.6. The molecule has 5 aliphatic rings. The number of esters is 1. The van der Waals surface area contributed by atoms with E-state index < -0.39 is 118 Å². The summed E-state index contributed by atoms with van der Waals surface area (Å²) in [5.74, 6) is -9.47. The van der Waals surface area contributed by atoms with Crippen LogP contribution in [0.5, 0.6) is 0 Å². The molecule has 20 heteroatoms. The van der Waals surface area contributed by atoms with Crippen molar-refractivity contribution in [3.63, 3.8) is 0 Å². The van der Waals surface area contributed by atoms with Crippen molar-refractivity contribution in [1.82, 2.24) is 13.9 Å². The van der Waals surface area contributed by atoms with Crippen LogP contribution in [0.3, 0.4) is 0 Å². The summed E-state index contributed by atoms with van der Waals surface area (Å²) in [5.41, 5.74) is 1.20. The molecule has 1 aliphatic carbocycles. The van der Waals surface area contributed by atoms with E-state index in [1.54, 1.807) is 40.9 Å². The summed E-state index contributed by atoms with van der Waals surface area (Å²) in [7, 11) is 2.77. The SMILES string of the molecule is CO[C@H]1C[C@@H]2CC[C@@H](C)[C@@](O)(O2)C(=O)C(=O)N2CCCC3[C@H]2C(=O)O[C@@H](CC(=O)[C@H](C)/C=C(\C)[C@@H](O)[C@@H](OC)C(=O)[C@H](C)C[C@H](C)/C=C/C=C/C=C1C)[C@H]3C[C@@H]1CC[C@@H](OC(=O)NS(=O)(=O)N(C)C)[C@H](OC)C1. The van der Waals surface area contributed by atoms with E-state index >= 15 is 0 Å². The van der Waals surface area contributed by atoms with E-state index in [4.69, 9.17) is 28.4 Å². The van der Waals surface area contributed by atoms with Gasteiger partial charge in [-0.2, -0.15) is 12.7 Å². The Morgan fingerprint density at radius 2 is 1.60 bits per heavy atom. The summed E-state index contributed by atoms with van der Waals surface area (Å²) in [6, 6.07) is -1.23. The highest BCUT2D eigenvalue weighted by molar-refractivity contribution is 7.87. The number of piperidine rings is 1. The molecule has 19 nitrogen and oxygen atoms in total. The van der Waals surface area contributed by atoms with E-state index in [9.17, 15) is 47.4 Å². The van der Waals surface area contributed by atoms with Crippen molar-refractivity contribution in [3.8, 4) is 0 Å². The van der Waals surface area contributed by atoms with Crippen LogP contribution >= 0.6 is 0 Å². The van der Waals surface area contributed by atoms with Crippen LogP contribution in [-0.4, -0.2) is 160 Å². The van der Waals surface area contributed by atoms with Gasteiger partial charge in [-0.25, -0.2) is 14.3 Å². The van der Waals surface area contributed by atoms with Gasteiger partial charge in [0.2, 0.25) is 5.79 Å². The molecule has 3 saturated heterocycles. The monoisotopic (exact) mass is 1050 g/mol. The molecule has 5 rings (SSSR count). The maximum atomic E-state index is 14.6. The van der Waals surface area contributed by atoms with Crippen LogP contribution in [0.2, 0.25) is 0 Å². The molecule has 410 valence electrons. The lowest BCUT2D eigenvalue weighted by Gasteiger charge is -2.50. The fourth-order valence-electron chi connectivity index (χ4n) is 11.4. The molecule has 0 aromatic heterocycles. The maximum Gasteiger partial charge on any atom is 0.422 e. The average Bonchev–Trinajstić information content (AvgIpc) is 3.34. The molecule has 4 fully saturated rings. The van der Waals surface area contributed by atoms with Crippen molar-refractivity contribution in [2.24, 2.45) is 41.4 Å². The number of aliphatic hydroxyl groups is 2. The zero-order chi connectivity index (χ0) is 54.1. The molecule has 4 heterocycles. The summed E-state index contributed by atoms with van der Waals surface area (Å²) >= 11 is 0. The van der Waals surface area contributed by atoms with Crippen LogP contribution in [0.1, 0.15) is 112 Å². The first-order valence-electron chi connectivity index (χ1n) is 25.8. The third kappa shape index (κ3) is 14.6. The molecule has 4 aliphatic heterocycles. The molecule has 3 N–H and O–H groups in total. The Bertz CT molecular complexity index is 2230. The minimum Gasteiger partial charge on any atom is -0.460 e. The third-order valence-corrected chi connectivity index (χ3v) is 17.2. The smallest absolute Gasteiger partial charge is 0.422 e. The Balaban J connectivity index is 1.50. The van der Waals surface area contributed by atoms with E-state index in [-0.39, 0.29) is 42.8 Å². The molecule has 0 aromatic carbocycles. The Kier molecular flexibility index (Phi) is 21.3. The highest BCUT2D eigenvalue weighted by Gasteiger charge is 2.57. The second-order valence-electron chi connectivity index (χ2n) is 21.3. The number of amides is 2. The number of Topliss-reactive ketones (excluding diaryl/α,β-unsaturated/α-hetero) is 3. The Morgan fingerprint density at radius 3 is 2.26 bits per heavy atom. The second-order valence-corrected chi connectivity index (χ2v) is 23.2. The zero-order valence-electron chi connectivity index (χ0n) is 44.5. The number of carbonyl (C=O) groups excluding carboxylic acids is 6. The number of hydrogen-bond donors (Lipinski definition) is 3. The number of ketones is 3. The number of ether oxygens (including phenoxy) is 6. The number of aliphatic hydroxyl groups excluding tert-OH is 1. The van der Waals surface area contributed by atoms with Gasteiger partial charge in [0, 0.05) is 78.5 Å². The van der Waals surface area contributed by atoms with E-state index in [0.717, 1.165) is 9.88 Å². The number of carbonyl (C=O) groups is 6. The van der Waals surface area contributed by atoms with Gasteiger partial charge >= 0.3 is 22.3 Å². The zero-order valence-corrected chi connectivity index (χ0v) is 45.3. The van der Waals surface area contributed by atoms with E-state index in [1.807, 2.05) is 48.9 Å². The lowest BCUT2D eigenvalue weighted by Crippen LogP contribution is -2.65. The molecular weight excluding hydrogens is 967 g/mol. The molecule has 0 spiro atoms. The summed E-state index contributed by atoms with van der Waals surface area (Å²) in [6.07, 6.45) is 7.52. The van der Waals surface area contributed by atoms with Gasteiger partial charge in [0.15, 0.2) is 5.78 Å². The summed E-state index contributed by atoms with van der Waals surface area (Å²) < 4.78 is 62.5. The van der Waals surface area contributed by atoms with Gasteiger partial charge in [-0.05, 0) is 101 Å². The molecule has 1 unspecified atom stereocenters. The molecular formula is C53H81N3O16S. The van der Waals surface area contributed by atoms with Crippen LogP contribution in [0, 0.1) is 41.4 Å². The Labute approximate surface area is 431 Å². The van der Waals surface area contributed by atoms with Gasteiger partial charge in [-0.15, -0.1) is 0 Å². The normalized spacial score (nSPS) is 38.7. The predicted molar refractivity (Wildman–Crippen MR) is 268 cm³/mol. The van der Waals surface area contributed by atoms with E-state index in [0.29, 0.717) is 63.4 Å². The lowest BCUT2D eigenvalue weighted by atomic mass is 9.68. The Hall–Kier alpha value is -4.15. The molecule has 73 heavy (non-hydrogen) atoms. The van der Waals surface area contributed by atoms with Gasteiger partial charge in [0.05, 0.1) is 18.3 Å². The van der Waals surface area contributed by atoms with Crippen LogP contribution in [0.15, 0.2) is 47.6 Å². The van der Waals surface area contributed by atoms with Gasteiger partial charge < -0.3 is 43.5 Å². The minimum absolute atomic E-state index is 0.0104. The first-order valence-corrected chi connectivity index (χ1v) is 27.2. The fraction of sp³-hybridized carbons (Fsp3) is 0.736. The number of rotatable bonds is 8. The molecule has 6 bridgehead atoms. The second kappa shape index (κ2) is 26.1. The van der Waals surface area contributed by atoms with Crippen molar-refractivity contribution in [2.75, 3.05) is 42.0 Å². The highest BCUT2D eigenvalue weighted by Crippen LogP contribution is 2.45. The first-order chi connectivity index (χ1) is 34.4. The standard InChI is InChI=1S/C53H81N3O16S/c1-30-16-13-12-14-17-31(2)42(67-9)28-37-21-19-35(6)53(64,72-37)49(60)50(61)56-23-15-18-38-39(26-36-20-22-41(44(27-36)68-10)71-52(63)54-73(65,66)55(7)8)43(70-51(62)45(38)56)29-40(57)32(3)25-34(5)47(59)48(69-11)46(58)33(4)24-30/h12-14,16-17,25,30,32-33,35-39,41-45,47-48,59,64H,15,18-24,26-29H2,1-11H3,(H,54,63)/b14-12+,16-13+,31-17?,34-25+/t30-,32-,33-,35-,36+,37+,38?,39+,41-,42+,43+,44-,45+,47-,48+,53-/m1/s1. The van der Waals surface area contributed by atoms with Gasteiger partial charge in [0.25, 0.3) is 11.7 Å². The molecule has 16 atom stereocenters. The number of nitrogens with zero attached hydrogens (tertiary/aromatic N) is 2. The average molecular weight is 1050 g/mol. The largest absolute Gasteiger partial charge is 0.460 e. The van der Waals surface area contributed by atoms with Crippen molar-refractivity contribution in [1.29, 1.82) is 0 Å². The van der Waals surface area contributed by atoms with Crippen molar-refractivity contribution in [2.45, 2.75) is 167 Å². The van der Waals surface area contributed by atoms with Crippen molar-refractivity contribution in [3.05, 3.63) is 47.6 Å². The maximum absolute atomic E-state index is 14.6. The van der Waals surface area contributed by atoms with E-state index in [1.165, 1.54) is 33.2 Å². The minimum atomic E-state index is -4.12. The van der Waals surface area contributed by atoms with Gasteiger partial charge in [0.1, 0.15) is 36.2 Å². The van der Waals surface area contributed by atoms with Crippen molar-refractivity contribution < 1.29 is 75.8 Å². The van der Waals surface area contributed by atoms with Gasteiger partial charge in [-0.3, -0.25) is 19.2 Å². The lowest BCUT2D eigenvalue weighted by molar-refractivity contribution is -0.266. The Morgan fingerprint density at radius 1 is 0.890 bits per heavy atom. The predicted octanol–water partition coefficient (Wildman–Crippen LogP) is 4.94. The number of hydrogen-bond acceptors (Lipinski definition) is 16. The molecule has 0 aromatic rings. The summed E-state index contributed by atoms with van der Waals surface area (Å²) in [4.78, 5) is 85.4. The number of allylic oxidation sites excluding steroid dienone is 6. The van der Waals surface area contributed by atoms with Crippen LogP contribution in [0.25, 0.3) is 0 Å².